The molecule has 0 amide bonds. The number of hydrogen-bond donors (Lipinski definition) is 1. The maximum absolute atomic E-state index is 5.87. The lowest BCUT2D eigenvalue weighted by molar-refractivity contribution is 0.207. The van der Waals surface area contributed by atoms with Gasteiger partial charge in [-0.2, -0.15) is 0 Å². The van der Waals surface area contributed by atoms with Crippen molar-refractivity contribution in [1.29, 1.82) is 0 Å². The van der Waals surface area contributed by atoms with E-state index in [9.17, 15) is 0 Å². The van der Waals surface area contributed by atoms with E-state index in [1.807, 2.05) is 0 Å². The fraction of sp³-hybridized carbons (Fsp3) is 0.684. The van der Waals surface area contributed by atoms with Crippen molar-refractivity contribution in [3.8, 4) is 5.75 Å². The Kier molecular flexibility index (Phi) is 6.56. The minimum absolute atomic E-state index is 0.437. The Morgan fingerprint density at radius 2 is 2.00 bits per heavy atom. The van der Waals surface area contributed by atoms with Crippen LogP contribution in [-0.2, 0) is 0 Å². The zero-order valence-electron chi connectivity index (χ0n) is 13.9. The van der Waals surface area contributed by atoms with Gasteiger partial charge in [0.05, 0.1) is 6.61 Å². The van der Waals surface area contributed by atoms with Crippen LogP contribution in [0.3, 0.4) is 0 Å². The first-order valence-electron chi connectivity index (χ1n) is 8.75. The van der Waals surface area contributed by atoms with Gasteiger partial charge in [-0.3, -0.25) is 0 Å². The maximum atomic E-state index is 5.87. The molecule has 2 rings (SSSR count). The highest BCUT2D eigenvalue weighted by Gasteiger charge is 2.29. The SMILES string of the molecule is CCNC(c1ccccc1OCC)C1CCCC(CC)C1. The highest BCUT2D eigenvalue weighted by molar-refractivity contribution is 5.36. The summed E-state index contributed by atoms with van der Waals surface area (Å²) in [6.45, 7) is 8.35. The molecule has 0 spiro atoms. The van der Waals surface area contributed by atoms with E-state index in [2.05, 4.69) is 50.4 Å². The van der Waals surface area contributed by atoms with Crippen molar-refractivity contribution in [2.75, 3.05) is 13.2 Å². The lowest BCUT2D eigenvalue weighted by atomic mass is 9.75. The molecule has 1 aromatic carbocycles. The molecule has 0 heterocycles. The fourth-order valence-corrected chi connectivity index (χ4v) is 3.78. The smallest absolute Gasteiger partial charge is 0.124 e. The second-order valence-electron chi connectivity index (χ2n) is 6.21. The molecule has 3 atom stereocenters. The monoisotopic (exact) mass is 289 g/mol. The summed E-state index contributed by atoms with van der Waals surface area (Å²) >= 11 is 0. The molecule has 1 N–H and O–H groups in total. The van der Waals surface area contributed by atoms with Crippen molar-refractivity contribution in [2.24, 2.45) is 11.8 Å². The number of para-hydroxylation sites is 1. The van der Waals surface area contributed by atoms with E-state index in [0.29, 0.717) is 6.04 Å². The largest absolute Gasteiger partial charge is 0.494 e. The molecule has 2 heteroatoms. The summed E-state index contributed by atoms with van der Waals surface area (Å²) in [4.78, 5) is 0. The molecule has 1 aliphatic rings. The highest BCUT2D eigenvalue weighted by atomic mass is 16.5. The standard InChI is InChI=1S/C19H31NO/c1-4-15-10-9-11-16(14-15)19(20-5-2)17-12-7-8-13-18(17)21-6-3/h7-8,12-13,15-16,19-20H,4-6,9-11,14H2,1-3H3. The van der Waals surface area contributed by atoms with Crippen LogP contribution >= 0.6 is 0 Å². The molecule has 2 nitrogen and oxygen atoms in total. The van der Waals surface area contributed by atoms with Gasteiger partial charge in [-0.05, 0) is 44.2 Å². The minimum atomic E-state index is 0.437. The van der Waals surface area contributed by atoms with Crippen LogP contribution in [0.5, 0.6) is 5.75 Å². The average molecular weight is 289 g/mol. The molecule has 0 aromatic heterocycles. The summed E-state index contributed by atoms with van der Waals surface area (Å²) < 4.78 is 5.87. The third kappa shape index (κ3) is 4.23. The number of ether oxygens (including phenoxy) is 1. The van der Waals surface area contributed by atoms with Gasteiger partial charge in [-0.15, -0.1) is 0 Å². The third-order valence-corrected chi connectivity index (χ3v) is 4.85. The van der Waals surface area contributed by atoms with E-state index >= 15 is 0 Å². The number of hydrogen-bond acceptors (Lipinski definition) is 2. The van der Waals surface area contributed by atoms with Gasteiger partial charge in [0.25, 0.3) is 0 Å². The van der Waals surface area contributed by atoms with Gasteiger partial charge in [-0.1, -0.05) is 51.3 Å². The molecule has 1 saturated carbocycles. The van der Waals surface area contributed by atoms with Gasteiger partial charge in [0.1, 0.15) is 5.75 Å². The lowest BCUT2D eigenvalue weighted by Crippen LogP contribution is -2.32. The van der Waals surface area contributed by atoms with Crippen molar-refractivity contribution in [3.05, 3.63) is 29.8 Å². The Labute approximate surface area is 130 Å². The predicted octanol–water partition coefficient (Wildman–Crippen LogP) is 4.95. The molecule has 0 aliphatic heterocycles. The Morgan fingerprint density at radius 1 is 1.19 bits per heavy atom. The van der Waals surface area contributed by atoms with Crippen molar-refractivity contribution < 1.29 is 4.74 Å². The predicted molar refractivity (Wildman–Crippen MR) is 89.8 cm³/mol. The molecule has 1 aliphatic carbocycles. The van der Waals surface area contributed by atoms with Crippen molar-refractivity contribution >= 4 is 0 Å². The van der Waals surface area contributed by atoms with Crippen molar-refractivity contribution in [1.82, 2.24) is 5.32 Å². The van der Waals surface area contributed by atoms with Gasteiger partial charge in [-0.25, -0.2) is 0 Å². The quantitative estimate of drug-likeness (QED) is 0.766. The second-order valence-corrected chi connectivity index (χ2v) is 6.21. The lowest BCUT2D eigenvalue weighted by Gasteiger charge is -2.35. The Bertz CT molecular complexity index is 418. The maximum Gasteiger partial charge on any atom is 0.124 e. The fourth-order valence-electron chi connectivity index (χ4n) is 3.78. The topological polar surface area (TPSA) is 21.3 Å². The number of nitrogens with one attached hydrogen (secondary N) is 1. The summed E-state index contributed by atoms with van der Waals surface area (Å²) in [5.74, 6) is 2.71. The van der Waals surface area contributed by atoms with E-state index in [1.165, 1.54) is 37.7 Å². The molecule has 3 unspecified atom stereocenters. The third-order valence-electron chi connectivity index (χ3n) is 4.85. The van der Waals surface area contributed by atoms with Gasteiger partial charge < -0.3 is 10.1 Å². The van der Waals surface area contributed by atoms with E-state index in [0.717, 1.165) is 30.7 Å². The molecule has 21 heavy (non-hydrogen) atoms. The molecule has 0 radical (unpaired) electrons. The molecular formula is C19H31NO. The molecule has 1 fully saturated rings. The van der Waals surface area contributed by atoms with Gasteiger partial charge in [0.2, 0.25) is 0 Å². The van der Waals surface area contributed by atoms with E-state index < -0.39 is 0 Å². The van der Waals surface area contributed by atoms with Crippen LogP contribution in [0, 0.1) is 11.8 Å². The summed E-state index contributed by atoms with van der Waals surface area (Å²) in [5.41, 5.74) is 1.35. The van der Waals surface area contributed by atoms with Crippen LogP contribution in [-0.4, -0.2) is 13.2 Å². The first-order chi connectivity index (χ1) is 10.3. The summed E-state index contributed by atoms with van der Waals surface area (Å²) in [7, 11) is 0. The Balaban J connectivity index is 2.21. The normalized spacial score (nSPS) is 23.8. The second kappa shape index (κ2) is 8.43. The van der Waals surface area contributed by atoms with E-state index in [1.54, 1.807) is 0 Å². The van der Waals surface area contributed by atoms with Crippen molar-refractivity contribution in [3.63, 3.8) is 0 Å². The molecule has 0 saturated heterocycles. The van der Waals surface area contributed by atoms with E-state index in [-0.39, 0.29) is 0 Å². The summed E-state index contributed by atoms with van der Waals surface area (Å²) in [6, 6.07) is 9.01. The summed E-state index contributed by atoms with van der Waals surface area (Å²) in [6.07, 6.45) is 6.81. The molecule has 1 aromatic rings. The number of benzene rings is 1. The molecule has 118 valence electrons. The zero-order chi connectivity index (χ0) is 15.1. The van der Waals surface area contributed by atoms with Crippen molar-refractivity contribution in [2.45, 2.75) is 58.9 Å². The Hall–Kier alpha value is -1.02. The highest BCUT2D eigenvalue weighted by Crippen LogP contribution is 2.40. The van der Waals surface area contributed by atoms with E-state index in [4.69, 9.17) is 4.74 Å². The molecular weight excluding hydrogens is 258 g/mol. The summed E-state index contributed by atoms with van der Waals surface area (Å²) in [5, 5.41) is 3.73. The first kappa shape index (κ1) is 16.4. The first-order valence-corrected chi connectivity index (χ1v) is 8.75. The Morgan fingerprint density at radius 3 is 2.71 bits per heavy atom. The van der Waals surface area contributed by atoms with Crippen LogP contribution in [0.15, 0.2) is 24.3 Å². The number of rotatable bonds is 7. The van der Waals surface area contributed by atoms with Gasteiger partial charge in [0.15, 0.2) is 0 Å². The molecule has 0 bridgehead atoms. The zero-order valence-corrected chi connectivity index (χ0v) is 13.9. The average Bonchev–Trinajstić information content (AvgIpc) is 2.54. The van der Waals surface area contributed by atoms with Gasteiger partial charge >= 0.3 is 0 Å². The minimum Gasteiger partial charge on any atom is -0.494 e. The van der Waals surface area contributed by atoms with Crippen LogP contribution in [0.2, 0.25) is 0 Å². The van der Waals surface area contributed by atoms with Crippen LogP contribution < -0.4 is 10.1 Å². The van der Waals surface area contributed by atoms with Crippen LogP contribution in [0.25, 0.3) is 0 Å². The van der Waals surface area contributed by atoms with Crippen LogP contribution in [0.4, 0.5) is 0 Å². The van der Waals surface area contributed by atoms with Gasteiger partial charge in [0, 0.05) is 11.6 Å². The van der Waals surface area contributed by atoms with Crippen LogP contribution in [0.1, 0.15) is 64.5 Å².